The Hall–Kier alpha value is -4.46. The van der Waals surface area contributed by atoms with Gasteiger partial charge in [-0.25, -0.2) is 28.2 Å². The first-order chi connectivity index (χ1) is 22.6. The van der Waals surface area contributed by atoms with E-state index in [0.717, 1.165) is 18.4 Å². The molecule has 1 fully saturated rings. The number of carbonyl (C=O) groups excluding carboxylic acids is 1. The maximum atomic E-state index is 12.7. The zero-order valence-electron chi connectivity index (χ0n) is 27.2. The third-order valence-corrected chi connectivity index (χ3v) is 9.26. The Morgan fingerprint density at radius 2 is 1.81 bits per heavy atom. The molecule has 0 saturated carbocycles. The van der Waals surface area contributed by atoms with Gasteiger partial charge in [-0.05, 0) is 75.2 Å². The van der Waals surface area contributed by atoms with E-state index in [1.54, 1.807) is 65.8 Å². The number of aromatic nitrogens is 3. The van der Waals surface area contributed by atoms with Gasteiger partial charge in [0.25, 0.3) is 0 Å². The number of amides is 1. The monoisotopic (exact) mass is 685 g/mol. The molecule has 1 saturated heterocycles. The average Bonchev–Trinajstić information content (AvgIpc) is 3.01. The Kier molecular flexibility index (Phi) is 10.1. The fourth-order valence-corrected chi connectivity index (χ4v) is 6.87. The Morgan fingerprint density at radius 1 is 1.02 bits per heavy atom. The average molecular weight is 686 g/mol. The number of alkyl halides is 3. The zero-order valence-corrected chi connectivity index (χ0v) is 28.0. The van der Waals surface area contributed by atoms with Crippen LogP contribution in [-0.2, 0) is 20.3 Å². The van der Waals surface area contributed by atoms with Crippen LogP contribution in [0.15, 0.2) is 60.9 Å². The van der Waals surface area contributed by atoms with Crippen molar-refractivity contribution in [3.63, 3.8) is 0 Å². The molecule has 0 unspecified atom stereocenters. The van der Waals surface area contributed by atoms with Crippen LogP contribution in [0.2, 0.25) is 0 Å². The van der Waals surface area contributed by atoms with Gasteiger partial charge in [-0.1, -0.05) is 30.3 Å². The summed E-state index contributed by atoms with van der Waals surface area (Å²) in [7, 11) is -4.03. The molecule has 14 heteroatoms. The van der Waals surface area contributed by atoms with E-state index in [0.29, 0.717) is 52.4 Å². The van der Waals surface area contributed by atoms with Crippen LogP contribution in [0.3, 0.4) is 0 Å². The molecule has 0 aliphatic carbocycles. The van der Waals surface area contributed by atoms with Crippen LogP contribution < -0.4 is 10.1 Å². The maximum absolute atomic E-state index is 12.7. The number of likely N-dealkylation sites (tertiary alicyclic amines) is 1. The predicted octanol–water partition coefficient (Wildman–Crippen LogP) is 7.47. The van der Waals surface area contributed by atoms with Gasteiger partial charge in [-0.15, -0.1) is 0 Å². The number of aryl methyl sites for hydroxylation is 1. The van der Waals surface area contributed by atoms with Crippen molar-refractivity contribution in [1.82, 2.24) is 19.9 Å². The summed E-state index contributed by atoms with van der Waals surface area (Å²) in [6.07, 6.45) is -1.52. The highest BCUT2D eigenvalue weighted by molar-refractivity contribution is 7.90. The molecule has 0 bridgehead atoms. The van der Waals surface area contributed by atoms with Crippen LogP contribution in [0.5, 0.6) is 11.6 Å². The van der Waals surface area contributed by atoms with Gasteiger partial charge < -0.3 is 19.7 Å². The molecule has 48 heavy (non-hydrogen) atoms. The van der Waals surface area contributed by atoms with Crippen LogP contribution >= 0.6 is 0 Å². The van der Waals surface area contributed by atoms with Crippen LogP contribution in [0.25, 0.3) is 22.0 Å². The molecule has 256 valence electrons. The summed E-state index contributed by atoms with van der Waals surface area (Å²) in [6.45, 7) is 8.37. The number of rotatable bonds is 9. The summed E-state index contributed by atoms with van der Waals surface area (Å²) in [4.78, 5) is 27.9. The van der Waals surface area contributed by atoms with Crippen LogP contribution in [-0.4, -0.2) is 71.0 Å². The zero-order chi connectivity index (χ0) is 34.7. The molecule has 4 aromatic rings. The number of anilines is 1. The van der Waals surface area contributed by atoms with Crippen LogP contribution in [0.4, 0.5) is 23.9 Å². The van der Waals surface area contributed by atoms with Crippen molar-refractivity contribution in [3.8, 4) is 22.9 Å². The molecule has 1 N–H and O–H groups in total. The lowest BCUT2D eigenvalue weighted by Gasteiger charge is -2.34. The van der Waals surface area contributed by atoms with E-state index in [2.05, 4.69) is 15.3 Å². The molecule has 1 aliphatic rings. The van der Waals surface area contributed by atoms with Crippen molar-refractivity contribution in [2.45, 2.75) is 70.5 Å². The van der Waals surface area contributed by atoms with Gasteiger partial charge in [0.2, 0.25) is 11.8 Å². The van der Waals surface area contributed by atoms with Crippen molar-refractivity contribution in [2.75, 3.05) is 24.2 Å². The van der Waals surface area contributed by atoms with E-state index in [1.165, 1.54) is 0 Å². The van der Waals surface area contributed by atoms with Gasteiger partial charge in [0.05, 0.1) is 29.2 Å². The van der Waals surface area contributed by atoms with Gasteiger partial charge in [-0.2, -0.15) is 13.2 Å². The smallest absolute Gasteiger partial charge is 0.410 e. The van der Waals surface area contributed by atoms with Gasteiger partial charge in [0.1, 0.15) is 11.4 Å². The van der Waals surface area contributed by atoms with Crippen molar-refractivity contribution in [1.29, 1.82) is 0 Å². The lowest BCUT2D eigenvalue weighted by Crippen LogP contribution is -2.47. The standard InChI is InChI=1S/C34H38F3N5O5S/c1-22-12-13-25-23(21-48(44,45)19-15-34(35,36)37)8-5-10-26(25)29(22)46-30-27(11-6-16-38-30)28-14-17-39-31(41-28)40-24-9-7-18-42(20-24)32(43)47-33(2,3)4/h5-6,8,10-14,16-17,24H,7,9,15,18-21H2,1-4H3,(H,39,40,41)/t24-/m0/s1. The van der Waals surface area contributed by atoms with Gasteiger partial charge in [0, 0.05) is 36.9 Å². The number of nitrogens with zero attached hydrogens (tertiary/aromatic N) is 4. The third kappa shape index (κ3) is 9.12. The predicted molar refractivity (Wildman–Crippen MR) is 177 cm³/mol. The van der Waals surface area contributed by atoms with Gasteiger partial charge in [0.15, 0.2) is 9.84 Å². The summed E-state index contributed by atoms with van der Waals surface area (Å²) >= 11 is 0. The maximum Gasteiger partial charge on any atom is 0.410 e. The highest BCUT2D eigenvalue weighted by Crippen LogP contribution is 2.38. The van der Waals surface area contributed by atoms with Crippen LogP contribution in [0, 0.1) is 6.92 Å². The minimum absolute atomic E-state index is 0.0871. The molecule has 1 atom stereocenters. The first-order valence-corrected chi connectivity index (χ1v) is 17.4. The summed E-state index contributed by atoms with van der Waals surface area (Å²) in [5, 5.41) is 4.48. The van der Waals surface area contributed by atoms with Crippen molar-refractivity contribution < 1.29 is 35.9 Å². The summed E-state index contributed by atoms with van der Waals surface area (Å²) in [6, 6.07) is 13.7. The van der Waals surface area contributed by atoms with Crippen molar-refractivity contribution in [2.24, 2.45) is 0 Å². The fourth-order valence-electron chi connectivity index (χ4n) is 5.46. The summed E-state index contributed by atoms with van der Waals surface area (Å²) in [5.41, 5.74) is 1.63. The number of carbonyl (C=O) groups is 1. The largest absolute Gasteiger partial charge is 0.444 e. The van der Waals surface area contributed by atoms with Crippen LogP contribution in [0.1, 0.15) is 51.2 Å². The quantitative estimate of drug-likeness (QED) is 0.191. The topological polar surface area (TPSA) is 124 Å². The number of benzene rings is 2. The number of piperidine rings is 1. The van der Waals surface area contributed by atoms with E-state index in [-0.39, 0.29) is 18.0 Å². The molecule has 2 aromatic heterocycles. The van der Waals surface area contributed by atoms with E-state index >= 15 is 0 Å². The van der Waals surface area contributed by atoms with Gasteiger partial charge >= 0.3 is 12.3 Å². The lowest BCUT2D eigenvalue weighted by atomic mass is 10.0. The van der Waals surface area contributed by atoms with Crippen molar-refractivity contribution in [3.05, 3.63) is 72.1 Å². The second-order valence-electron chi connectivity index (χ2n) is 12.8. The fraction of sp³-hybridized carbons (Fsp3) is 0.412. The van der Waals surface area contributed by atoms with E-state index in [4.69, 9.17) is 14.5 Å². The number of ether oxygens (including phenoxy) is 2. The molecule has 1 aliphatic heterocycles. The molecule has 2 aromatic carbocycles. The van der Waals surface area contributed by atoms with Gasteiger partial charge in [-0.3, -0.25) is 0 Å². The Morgan fingerprint density at radius 3 is 2.56 bits per heavy atom. The Balaban J connectivity index is 1.38. The highest BCUT2D eigenvalue weighted by Gasteiger charge is 2.31. The number of hydrogen-bond donors (Lipinski definition) is 1. The summed E-state index contributed by atoms with van der Waals surface area (Å²) < 4.78 is 75.4. The number of fused-ring (bicyclic) bond motifs is 1. The number of halogens is 3. The minimum Gasteiger partial charge on any atom is -0.444 e. The first-order valence-electron chi connectivity index (χ1n) is 15.6. The minimum atomic E-state index is -4.57. The highest BCUT2D eigenvalue weighted by atomic mass is 32.2. The molecule has 10 nitrogen and oxygen atoms in total. The molecule has 1 amide bonds. The first kappa shape index (κ1) is 34.9. The number of pyridine rings is 1. The van der Waals surface area contributed by atoms with Crippen molar-refractivity contribution >= 4 is 32.7 Å². The molecule has 5 rings (SSSR count). The molecule has 0 radical (unpaired) electrons. The Labute approximate surface area is 277 Å². The second-order valence-corrected chi connectivity index (χ2v) is 15.0. The number of hydrogen-bond acceptors (Lipinski definition) is 9. The lowest BCUT2D eigenvalue weighted by molar-refractivity contribution is -0.129. The SMILES string of the molecule is Cc1ccc2c(CS(=O)(=O)CCC(F)(F)F)cccc2c1Oc1ncccc1-c1ccnc(N[C@H]2CCCN(C(=O)OC(C)(C)C)C2)n1. The summed E-state index contributed by atoms with van der Waals surface area (Å²) in [5.74, 6) is -0.479. The number of sulfone groups is 1. The van der Waals surface area contributed by atoms with E-state index in [9.17, 15) is 26.4 Å². The number of nitrogens with one attached hydrogen (secondary N) is 1. The normalized spacial score (nSPS) is 15.7. The van der Waals surface area contributed by atoms with E-state index < -0.39 is 39.5 Å². The molecular formula is C34H38F3N5O5S. The molecule has 3 heterocycles. The molecular weight excluding hydrogens is 647 g/mol. The molecule has 0 spiro atoms. The van der Waals surface area contributed by atoms with E-state index in [1.807, 2.05) is 27.7 Å². The third-order valence-electron chi connectivity index (χ3n) is 7.68. The Bertz CT molecular complexity index is 1900. The second kappa shape index (κ2) is 14.0.